The molecule has 3 N–H and O–H groups in total. The SMILES string of the molecule is C[C@]1(c2ccc3c(c2)OCCCO3)NC(=O)N(CC(=O)NCCc2c[nH]c3ccccc23)C1=O. The van der Waals surface area contributed by atoms with Crippen LogP contribution in [0.1, 0.15) is 24.5 Å². The first-order chi connectivity index (χ1) is 16.5. The number of imide groups is 1. The van der Waals surface area contributed by atoms with Gasteiger partial charge in [-0.2, -0.15) is 0 Å². The van der Waals surface area contributed by atoms with Gasteiger partial charge in [-0.15, -0.1) is 0 Å². The van der Waals surface area contributed by atoms with Crippen LogP contribution in [-0.4, -0.2) is 54.0 Å². The van der Waals surface area contributed by atoms with Crippen molar-refractivity contribution >= 4 is 28.7 Å². The Balaban J connectivity index is 1.22. The van der Waals surface area contributed by atoms with E-state index in [1.165, 1.54) is 0 Å². The van der Waals surface area contributed by atoms with E-state index in [1.807, 2.05) is 30.5 Å². The van der Waals surface area contributed by atoms with Crippen molar-refractivity contribution in [1.29, 1.82) is 0 Å². The number of hydrogen-bond acceptors (Lipinski definition) is 5. The van der Waals surface area contributed by atoms with Crippen LogP contribution in [-0.2, 0) is 21.5 Å². The summed E-state index contributed by atoms with van der Waals surface area (Å²) in [7, 11) is 0. The minimum Gasteiger partial charge on any atom is -0.490 e. The Morgan fingerprint density at radius 1 is 1.12 bits per heavy atom. The highest BCUT2D eigenvalue weighted by molar-refractivity contribution is 6.09. The highest BCUT2D eigenvalue weighted by atomic mass is 16.5. The maximum Gasteiger partial charge on any atom is 0.325 e. The van der Waals surface area contributed by atoms with Gasteiger partial charge in [0.15, 0.2) is 11.5 Å². The number of nitrogens with one attached hydrogen (secondary N) is 3. The lowest BCUT2D eigenvalue weighted by Gasteiger charge is -2.23. The molecular formula is C25H26N4O5. The van der Waals surface area contributed by atoms with E-state index in [4.69, 9.17) is 9.47 Å². The third-order valence-corrected chi connectivity index (χ3v) is 6.29. The van der Waals surface area contributed by atoms with E-state index in [1.54, 1.807) is 25.1 Å². The van der Waals surface area contributed by atoms with Gasteiger partial charge >= 0.3 is 6.03 Å². The first-order valence-electron chi connectivity index (χ1n) is 11.3. The lowest BCUT2D eigenvalue weighted by Crippen LogP contribution is -2.43. The van der Waals surface area contributed by atoms with Crippen molar-refractivity contribution in [1.82, 2.24) is 20.5 Å². The number of nitrogens with zero attached hydrogens (tertiary/aromatic N) is 1. The van der Waals surface area contributed by atoms with E-state index < -0.39 is 23.4 Å². The molecule has 4 amide bonds. The summed E-state index contributed by atoms with van der Waals surface area (Å²) in [6.07, 6.45) is 3.32. The predicted octanol–water partition coefficient (Wildman–Crippen LogP) is 2.46. The summed E-state index contributed by atoms with van der Waals surface area (Å²) in [6, 6.07) is 12.5. The zero-order valence-electron chi connectivity index (χ0n) is 18.8. The van der Waals surface area contributed by atoms with Crippen LogP contribution >= 0.6 is 0 Å². The molecule has 9 nitrogen and oxygen atoms in total. The first-order valence-corrected chi connectivity index (χ1v) is 11.3. The second kappa shape index (κ2) is 8.74. The molecule has 0 saturated carbocycles. The molecule has 5 rings (SSSR count). The van der Waals surface area contributed by atoms with Crippen molar-refractivity contribution in [2.24, 2.45) is 0 Å². The minimum absolute atomic E-state index is 0.349. The number of hydrogen-bond donors (Lipinski definition) is 3. The Labute approximate surface area is 196 Å². The minimum atomic E-state index is -1.30. The van der Waals surface area contributed by atoms with Crippen LogP contribution in [0.2, 0.25) is 0 Å². The summed E-state index contributed by atoms with van der Waals surface area (Å²) in [5.41, 5.74) is 1.40. The Morgan fingerprint density at radius 3 is 2.76 bits per heavy atom. The number of fused-ring (bicyclic) bond motifs is 2. The van der Waals surface area contributed by atoms with Crippen LogP contribution in [0.15, 0.2) is 48.7 Å². The fraction of sp³-hybridized carbons (Fsp3) is 0.320. The van der Waals surface area contributed by atoms with Gasteiger partial charge in [-0.05, 0) is 42.7 Å². The summed E-state index contributed by atoms with van der Waals surface area (Å²) in [5, 5.41) is 6.64. The maximum absolute atomic E-state index is 13.2. The van der Waals surface area contributed by atoms with Gasteiger partial charge in [-0.1, -0.05) is 24.3 Å². The van der Waals surface area contributed by atoms with Gasteiger partial charge in [0.25, 0.3) is 5.91 Å². The van der Waals surface area contributed by atoms with E-state index in [-0.39, 0.29) is 6.54 Å². The van der Waals surface area contributed by atoms with Gasteiger partial charge in [0.05, 0.1) is 13.2 Å². The largest absolute Gasteiger partial charge is 0.490 e. The van der Waals surface area contributed by atoms with Gasteiger partial charge in [0.1, 0.15) is 12.1 Å². The average molecular weight is 463 g/mol. The number of carbonyl (C=O) groups is 3. The van der Waals surface area contributed by atoms with Crippen LogP contribution in [0.5, 0.6) is 11.5 Å². The molecule has 0 aliphatic carbocycles. The summed E-state index contributed by atoms with van der Waals surface area (Å²) >= 11 is 0. The summed E-state index contributed by atoms with van der Waals surface area (Å²) in [4.78, 5) is 42.5. The highest BCUT2D eigenvalue weighted by Crippen LogP contribution is 2.36. The lowest BCUT2D eigenvalue weighted by atomic mass is 9.91. The molecule has 2 aliphatic heterocycles. The number of aromatic amines is 1. The second-order valence-electron chi connectivity index (χ2n) is 8.62. The number of carbonyl (C=O) groups excluding carboxylic acids is 3. The number of aromatic nitrogens is 1. The molecule has 0 bridgehead atoms. The molecule has 0 unspecified atom stereocenters. The van der Waals surface area contributed by atoms with E-state index in [9.17, 15) is 14.4 Å². The number of amides is 4. The third kappa shape index (κ3) is 3.93. The molecule has 3 aromatic rings. The smallest absolute Gasteiger partial charge is 0.325 e. The number of rotatable bonds is 6. The Kier molecular flexibility index (Phi) is 5.61. The summed E-state index contributed by atoms with van der Waals surface area (Å²) < 4.78 is 11.4. The van der Waals surface area contributed by atoms with Crippen molar-refractivity contribution in [3.05, 3.63) is 59.8 Å². The molecule has 2 aromatic carbocycles. The molecule has 0 radical (unpaired) electrons. The molecule has 1 atom stereocenters. The highest BCUT2D eigenvalue weighted by Gasteiger charge is 2.49. The van der Waals surface area contributed by atoms with E-state index in [0.29, 0.717) is 43.2 Å². The van der Waals surface area contributed by atoms with Gasteiger partial charge in [-0.25, -0.2) is 4.79 Å². The number of benzene rings is 2. The lowest BCUT2D eigenvalue weighted by molar-refractivity contribution is -0.134. The van der Waals surface area contributed by atoms with Crippen LogP contribution in [0, 0.1) is 0 Å². The molecule has 1 aromatic heterocycles. The monoisotopic (exact) mass is 462 g/mol. The zero-order valence-corrected chi connectivity index (χ0v) is 18.8. The molecular weight excluding hydrogens is 436 g/mol. The summed E-state index contributed by atoms with van der Waals surface area (Å²) in [5.74, 6) is 0.254. The molecule has 2 aliphatic rings. The quantitative estimate of drug-likeness (QED) is 0.487. The second-order valence-corrected chi connectivity index (χ2v) is 8.62. The number of ether oxygens (including phenoxy) is 2. The molecule has 176 valence electrons. The number of para-hydroxylation sites is 1. The normalized spacial score (nSPS) is 19.7. The molecule has 9 heteroatoms. The van der Waals surface area contributed by atoms with Crippen LogP contribution < -0.4 is 20.1 Å². The number of urea groups is 1. The van der Waals surface area contributed by atoms with Gasteiger partial charge < -0.3 is 25.1 Å². The maximum atomic E-state index is 13.2. The Hall–Kier alpha value is -4.01. The van der Waals surface area contributed by atoms with Gasteiger partial charge in [0.2, 0.25) is 5.91 Å². The third-order valence-electron chi connectivity index (χ3n) is 6.29. The van der Waals surface area contributed by atoms with E-state index in [2.05, 4.69) is 15.6 Å². The summed E-state index contributed by atoms with van der Waals surface area (Å²) in [6.45, 7) is 2.74. The van der Waals surface area contributed by atoms with Crippen molar-refractivity contribution in [3.63, 3.8) is 0 Å². The van der Waals surface area contributed by atoms with E-state index in [0.717, 1.165) is 27.8 Å². The van der Waals surface area contributed by atoms with E-state index >= 15 is 0 Å². The average Bonchev–Trinajstić information content (AvgIpc) is 3.21. The molecule has 34 heavy (non-hydrogen) atoms. The number of H-pyrrole nitrogens is 1. The zero-order chi connectivity index (χ0) is 23.7. The molecule has 0 spiro atoms. The van der Waals surface area contributed by atoms with Crippen LogP contribution in [0.4, 0.5) is 4.79 Å². The first kappa shape index (κ1) is 21.8. The van der Waals surface area contributed by atoms with Crippen molar-refractivity contribution in [2.75, 3.05) is 26.3 Å². The fourth-order valence-corrected chi connectivity index (χ4v) is 4.39. The van der Waals surface area contributed by atoms with Crippen molar-refractivity contribution in [2.45, 2.75) is 25.3 Å². The predicted molar refractivity (Wildman–Crippen MR) is 125 cm³/mol. The topological polar surface area (TPSA) is 113 Å². The van der Waals surface area contributed by atoms with Crippen LogP contribution in [0.3, 0.4) is 0 Å². The Bertz CT molecular complexity index is 1270. The standard InChI is InChI=1S/C25H26N4O5/c1-25(17-7-8-20-21(13-17)34-12-4-11-33-20)23(31)29(24(32)28-25)15-22(30)26-10-9-16-14-27-19-6-3-2-5-18(16)19/h2-3,5-8,13-14,27H,4,9-12,15H2,1H3,(H,26,30)(H,28,32)/t25-/m1/s1. The molecule has 1 saturated heterocycles. The van der Waals surface area contributed by atoms with Crippen LogP contribution in [0.25, 0.3) is 10.9 Å². The van der Waals surface area contributed by atoms with Crippen molar-refractivity contribution < 1.29 is 23.9 Å². The van der Waals surface area contributed by atoms with Gasteiger partial charge in [-0.3, -0.25) is 14.5 Å². The molecule has 1 fully saturated rings. The molecule has 3 heterocycles. The van der Waals surface area contributed by atoms with Crippen molar-refractivity contribution in [3.8, 4) is 11.5 Å². The van der Waals surface area contributed by atoms with Gasteiger partial charge in [0, 0.05) is 30.1 Å². The fourth-order valence-electron chi connectivity index (χ4n) is 4.39. The Morgan fingerprint density at radius 2 is 1.91 bits per heavy atom.